The first-order chi connectivity index (χ1) is 13.2. The second kappa shape index (κ2) is 7.41. The molecule has 1 aromatic carbocycles. The number of carbonyl (C=O) groups excluding carboxylic acids is 1. The Balaban J connectivity index is 1.84. The second-order valence-electron chi connectivity index (χ2n) is 6.27. The smallest absolute Gasteiger partial charge is 0.502 e. The monoisotopic (exact) mass is 394 g/mol. The predicted molar refractivity (Wildman–Crippen MR) is 95.0 cm³/mol. The standard InChI is InChI=1S/C19H17F3N2O4/c1-24-14-8-3-2-7-13(14)15(16(25)18(24)27)17(26)23-10-11-5-4-6-12(9-11)28-19(20,21)22/h3-6,8-9,25H,2,7,10H2,1H3,(H,23,26). The first-order valence-corrected chi connectivity index (χ1v) is 8.41. The van der Waals surface area contributed by atoms with Gasteiger partial charge in [0.25, 0.3) is 11.5 Å². The van der Waals surface area contributed by atoms with Crippen LogP contribution in [0.5, 0.6) is 11.5 Å². The largest absolute Gasteiger partial charge is 0.573 e. The molecule has 0 unspecified atom stereocenters. The Morgan fingerprint density at radius 1 is 1.36 bits per heavy atom. The van der Waals surface area contributed by atoms with Crippen molar-refractivity contribution in [2.45, 2.75) is 25.7 Å². The van der Waals surface area contributed by atoms with E-state index >= 15 is 0 Å². The lowest BCUT2D eigenvalue weighted by atomic mass is 9.95. The van der Waals surface area contributed by atoms with E-state index < -0.39 is 29.3 Å². The summed E-state index contributed by atoms with van der Waals surface area (Å²) < 4.78 is 42.1. The van der Waals surface area contributed by atoms with Crippen LogP contribution in [0.15, 0.2) is 35.1 Å². The van der Waals surface area contributed by atoms with Crippen molar-refractivity contribution in [2.24, 2.45) is 7.05 Å². The molecule has 0 aliphatic heterocycles. The first-order valence-electron chi connectivity index (χ1n) is 8.41. The molecule has 1 heterocycles. The number of alkyl halides is 3. The number of amides is 1. The van der Waals surface area contributed by atoms with Crippen molar-refractivity contribution >= 4 is 12.0 Å². The van der Waals surface area contributed by atoms with Gasteiger partial charge in [0.05, 0.1) is 5.56 Å². The highest BCUT2D eigenvalue weighted by Crippen LogP contribution is 2.27. The molecule has 9 heteroatoms. The van der Waals surface area contributed by atoms with Crippen LogP contribution in [0.4, 0.5) is 13.2 Å². The van der Waals surface area contributed by atoms with Crippen LogP contribution >= 0.6 is 0 Å². The molecule has 0 atom stereocenters. The number of aromatic hydroxyl groups is 1. The summed E-state index contributed by atoms with van der Waals surface area (Å²) in [5, 5.41) is 12.7. The average Bonchev–Trinajstić information content (AvgIpc) is 2.64. The molecule has 1 aliphatic rings. The molecule has 28 heavy (non-hydrogen) atoms. The van der Waals surface area contributed by atoms with Crippen molar-refractivity contribution in [3.05, 3.63) is 63.1 Å². The van der Waals surface area contributed by atoms with Gasteiger partial charge in [-0.1, -0.05) is 18.2 Å². The molecular weight excluding hydrogens is 377 g/mol. The number of carbonyl (C=O) groups is 1. The summed E-state index contributed by atoms with van der Waals surface area (Å²) in [5.74, 6) is -1.73. The summed E-state index contributed by atoms with van der Waals surface area (Å²) in [7, 11) is 1.50. The van der Waals surface area contributed by atoms with Crippen LogP contribution in [0.25, 0.3) is 6.08 Å². The van der Waals surface area contributed by atoms with Gasteiger partial charge in [-0.05, 0) is 42.2 Å². The van der Waals surface area contributed by atoms with Crippen molar-refractivity contribution < 1.29 is 27.8 Å². The minimum absolute atomic E-state index is 0.104. The van der Waals surface area contributed by atoms with E-state index in [0.717, 1.165) is 12.1 Å². The quantitative estimate of drug-likeness (QED) is 0.836. The van der Waals surface area contributed by atoms with Gasteiger partial charge in [-0.2, -0.15) is 0 Å². The van der Waals surface area contributed by atoms with Crippen molar-refractivity contribution in [3.63, 3.8) is 0 Å². The molecule has 0 spiro atoms. The zero-order valence-corrected chi connectivity index (χ0v) is 14.8. The Labute approximate surface area is 157 Å². The Kier molecular flexibility index (Phi) is 5.17. The van der Waals surface area contributed by atoms with E-state index in [9.17, 15) is 27.9 Å². The highest BCUT2D eigenvalue weighted by Gasteiger charge is 2.31. The fraction of sp³-hybridized carbons (Fsp3) is 0.263. The van der Waals surface area contributed by atoms with Gasteiger partial charge in [0.2, 0.25) is 0 Å². The number of pyridine rings is 1. The van der Waals surface area contributed by atoms with Crippen LogP contribution in [0.2, 0.25) is 0 Å². The lowest BCUT2D eigenvalue weighted by Gasteiger charge is -2.19. The number of rotatable bonds is 4. The Morgan fingerprint density at radius 3 is 2.82 bits per heavy atom. The predicted octanol–water partition coefficient (Wildman–Crippen LogP) is 2.88. The van der Waals surface area contributed by atoms with Crippen LogP contribution in [0.3, 0.4) is 0 Å². The van der Waals surface area contributed by atoms with Crippen molar-refractivity contribution in [1.29, 1.82) is 0 Å². The summed E-state index contributed by atoms with van der Waals surface area (Å²) in [6.45, 7) is -0.104. The Morgan fingerprint density at radius 2 is 2.11 bits per heavy atom. The fourth-order valence-corrected chi connectivity index (χ4v) is 3.10. The van der Waals surface area contributed by atoms with E-state index in [0.29, 0.717) is 29.7 Å². The van der Waals surface area contributed by atoms with Crippen molar-refractivity contribution in [3.8, 4) is 11.5 Å². The lowest BCUT2D eigenvalue weighted by Crippen LogP contribution is -2.30. The third-order valence-corrected chi connectivity index (χ3v) is 4.37. The molecule has 0 radical (unpaired) electrons. The number of hydrogen-bond donors (Lipinski definition) is 2. The van der Waals surface area contributed by atoms with Crippen LogP contribution in [-0.4, -0.2) is 21.9 Å². The molecule has 1 amide bonds. The van der Waals surface area contributed by atoms with Gasteiger partial charge in [-0.15, -0.1) is 13.2 Å². The summed E-state index contributed by atoms with van der Waals surface area (Å²) in [6, 6.07) is 5.18. The fourth-order valence-electron chi connectivity index (χ4n) is 3.10. The molecule has 148 valence electrons. The number of halogens is 3. The zero-order valence-electron chi connectivity index (χ0n) is 14.8. The number of aromatic nitrogens is 1. The number of allylic oxidation sites excluding steroid dienone is 1. The van der Waals surface area contributed by atoms with E-state index in [1.54, 1.807) is 6.08 Å². The maximum atomic E-state index is 12.6. The van der Waals surface area contributed by atoms with Gasteiger partial charge in [-0.3, -0.25) is 9.59 Å². The zero-order chi connectivity index (χ0) is 20.5. The summed E-state index contributed by atoms with van der Waals surface area (Å²) in [5.41, 5.74) is 0.655. The topological polar surface area (TPSA) is 80.6 Å². The van der Waals surface area contributed by atoms with Gasteiger partial charge in [-0.25, -0.2) is 0 Å². The molecule has 0 saturated heterocycles. The minimum atomic E-state index is -4.82. The molecule has 1 aromatic heterocycles. The van der Waals surface area contributed by atoms with Crippen molar-refractivity contribution in [1.82, 2.24) is 9.88 Å². The maximum Gasteiger partial charge on any atom is 0.573 e. The minimum Gasteiger partial charge on any atom is -0.502 e. The number of fused-ring (bicyclic) bond motifs is 1. The molecule has 6 nitrogen and oxygen atoms in total. The molecule has 0 bridgehead atoms. The molecule has 3 rings (SSSR count). The van der Waals surface area contributed by atoms with Gasteiger partial charge >= 0.3 is 6.36 Å². The van der Waals surface area contributed by atoms with Crippen LogP contribution < -0.4 is 15.6 Å². The molecule has 1 aliphatic carbocycles. The highest BCUT2D eigenvalue weighted by molar-refractivity contribution is 5.99. The van der Waals surface area contributed by atoms with Gasteiger partial charge < -0.3 is 19.7 Å². The highest BCUT2D eigenvalue weighted by atomic mass is 19.4. The van der Waals surface area contributed by atoms with Gasteiger partial charge in [0, 0.05) is 19.3 Å². The summed E-state index contributed by atoms with van der Waals surface area (Å²) in [6.07, 6.45) is -0.0989. The number of hydrogen-bond acceptors (Lipinski definition) is 4. The molecular formula is C19H17F3N2O4. The number of nitrogens with one attached hydrogen (secondary N) is 1. The van der Waals surface area contributed by atoms with E-state index in [4.69, 9.17) is 0 Å². The first kappa shape index (κ1) is 19.5. The lowest BCUT2D eigenvalue weighted by molar-refractivity contribution is -0.274. The van der Waals surface area contributed by atoms with Gasteiger partial charge in [0.15, 0.2) is 5.75 Å². The number of nitrogens with zero attached hydrogens (tertiary/aromatic N) is 1. The summed E-state index contributed by atoms with van der Waals surface area (Å²) >= 11 is 0. The van der Waals surface area contributed by atoms with E-state index in [2.05, 4.69) is 10.1 Å². The van der Waals surface area contributed by atoms with E-state index in [1.807, 2.05) is 6.08 Å². The third-order valence-electron chi connectivity index (χ3n) is 4.37. The van der Waals surface area contributed by atoms with Gasteiger partial charge in [0.1, 0.15) is 5.75 Å². The third kappa shape index (κ3) is 4.03. The molecule has 2 N–H and O–H groups in total. The number of ether oxygens (including phenoxy) is 1. The number of benzene rings is 1. The Bertz CT molecular complexity index is 1010. The Hall–Kier alpha value is -3.23. The van der Waals surface area contributed by atoms with Crippen LogP contribution in [0.1, 0.15) is 33.6 Å². The summed E-state index contributed by atoms with van der Waals surface area (Å²) in [4.78, 5) is 24.8. The average molecular weight is 394 g/mol. The maximum absolute atomic E-state index is 12.6. The SMILES string of the molecule is Cn1c2c(c(C(=O)NCc3cccc(OC(F)(F)F)c3)c(O)c1=O)CCC=C2. The second-order valence-corrected chi connectivity index (χ2v) is 6.27. The normalized spacial score (nSPS) is 13.1. The van der Waals surface area contributed by atoms with Crippen LogP contribution in [-0.2, 0) is 20.0 Å². The van der Waals surface area contributed by atoms with Crippen molar-refractivity contribution in [2.75, 3.05) is 0 Å². The van der Waals surface area contributed by atoms with Crippen LogP contribution in [0, 0.1) is 0 Å². The molecule has 0 fully saturated rings. The van der Waals surface area contributed by atoms with E-state index in [1.165, 1.54) is 23.7 Å². The molecule has 2 aromatic rings. The van der Waals surface area contributed by atoms with E-state index in [-0.39, 0.29) is 12.1 Å². The molecule has 0 saturated carbocycles.